The smallest absolute Gasteiger partial charge is 0.0638 e. The fraction of sp³-hybridized carbons (Fsp3) is 0.538. The van der Waals surface area contributed by atoms with E-state index in [1.807, 2.05) is 0 Å². The molecule has 3 heteroatoms. The monoisotopic (exact) mass is 223 g/mol. The van der Waals surface area contributed by atoms with Gasteiger partial charge in [-0.3, -0.25) is 0 Å². The number of aliphatic hydroxyl groups excluding tert-OH is 1. The summed E-state index contributed by atoms with van der Waals surface area (Å²) in [7, 11) is 1.64. The van der Waals surface area contributed by atoms with Gasteiger partial charge in [-0.05, 0) is 17.5 Å². The maximum Gasteiger partial charge on any atom is 0.0638 e. The highest BCUT2D eigenvalue weighted by atomic mass is 16.5. The van der Waals surface area contributed by atoms with Gasteiger partial charge in [-0.15, -0.1) is 0 Å². The van der Waals surface area contributed by atoms with Crippen LogP contribution in [0.15, 0.2) is 24.3 Å². The Labute approximate surface area is 97.4 Å². The zero-order chi connectivity index (χ0) is 11.8. The SMILES string of the molecule is CCc1ccc(CNC(CO)COC)cc1. The van der Waals surface area contributed by atoms with Crippen molar-refractivity contribution in [2.45, 2.75) is 25.9 Å². The first-order valence-electron chi connectivity index (χ1n) is 5.71. The number of aliphatic hydroxyl groups is 1. The van der Waals surface area contributed by atoms with E-state index in [1.54, 1.807) is 7.11 Å². The largest absolute Gasteiger partial charge is 0.395 e. The molecule has 1 unspecified atom stereocenters. The second-order valence-corrected chi connectivity index (χ2v) is 3.89. The molecular formula is C13H21NO2. The van der Waals surface area contributed by atoms with Crippen molar-refractivity contribution in [2.24, 2.45) is 0 Å². The Morgan fingerprint density at radius 2 is 1.88 bits per heavy atom. The maximum atomic E-state index is 9.07. The first kappa shape index (κ1) is 13.2. The zero-order valence-electron chi connectivity index (χ0n) is 10.1. The molecule has 1 aromatic carbocycles. The molecule has 0 amide bonds. The molecule has 0 saturated carbocycles. The van der Waals surface area contributed by atoms with E-state index in [0.717, 1.165) is 13.0 Å². The van der Waals surface area contributed by atoms with Crippen molar-refractivity contribution in [3.05, 3.63) is 35.4 Å². The molecule has 90 valence electrons. The van der Waals surface area contributed by atoms with Gasteiger partial charge in [0, 0.05) is 13.7 Å². The summed E-state index contributed by atoms with van der Waals surface area (Å²) in [5.41, 5.74) is 2.58. The standard InChI is InChI=1S/C13H21NO2/c1-3-11-4-6-12(7-5-11)8-14-13(9-15)10-16-2/h4-7,13-15H,3,8-10H2,1-2H3. The van der Waals surface area contributed by atoms with Crippen LogP contribution < -0.4 is 5.32 Å². The lowest BCUT2D eigenvalue weighted by Gasteiger charge is -2.15. The van der Waals surface area contributed by atoms with E-state index in [0.29, 0.717) is 6.61 Å². The van der Waals surface area contributed by atoms with Crippen LogP contribution in [0.2, 0.25) is 0 Å². The third-order valence-electron chi connectivity index (χ3n) is 2.61. The first-order valence-corrected chi connectivity index (χ1v) is 5.71. The molecule has 0 fully saturated rings. The topological polar surface area (TPSA) is 41.5 Å². The highest BCUT2D eigenvalue weighted by Crippen LogP contribution is 2.05. The third kappa shape index (κ3) is 4.31. The lowest BCUT2D eigenvalue weighted by Crippen LogP contribution is -2.35. The molecule has 0 bridgehead atoms. The Morgan fingerprint density at radius 3 is 2.38 bits per heavy atom. The molecule has 0 aliphatic carbocycles. The van der Waals surface area contributed by atoms with Crippen LogP contribution in [-0.4, -0.2) is 31.5 Å². The molecule has 0 spiro atoms. The predicted octanol–water partition coefficient (Wildman–Crippen LogP) is 1.35. The molecule has 0 saturated heterocycles. The van der Waals surface area contributed by atoms with E-state index in [2.05, 4.69) is 36.5 Å². The number of methoxy groups -OCH3 is 1. The van der Waals surface area contributed by atoms with Crippen molar-refractivity contribution in [3.63, 3.8) is 0 Å². The molecule has 1 atom stereocenters. The quantitative estimate of drug-likeness (QED) is 0.733. The van der Waals surface area contributed by atoms with Crippen molar-refractivity contribution in [3.8, 4) is 0 Å². The summed E-state index contributed by atoms with van der Waals surface area (Å²) in [6, 6.07) is 8.53. The van der Waals surface area contributed by atoms with Crippen molar-refractivity contribution >= 4 is 0 Å². The van der Waals surface area contributed by atoms with E-state index in [1.165, 1.54) is 11.1 Å². The molecule has 0 heterocycles. The zero-order valence-corrected chi connectivity index (χ0v) is 10.1. The van der Waals surface area contributed by atoms with Crippen LogP contribution >= 0.6 is 0 Å². The van der Waals surface area contributed by atoms with Gasteiger partial charge in [0.2, 0.25) is 0 Å². The van der Waals surface area contributed by atoms with E-state index in [9.17, 15) is 0 Å². The third-order valence-corrected chi connectivity index (χ3v) is 2.61. The lowest BCUT2D eigenvalue weighted by molar-refractivity contribution is 0.128. The molecule has 1 aromatic rings. The van der Waals surface area contributed by atoms with Gasteiger partial charge in [-0.25, -0.2) is 0 Å². The van der Waals surface area contributed by atoms with Gasteiger partial charge >= 0.3 is 0 Å². The first-order chi connectivity index (χ1) is 7.80. The summed E-state index contributed by atoms with van der Waals surface area (Å²) >= 11 is 0. The normalized spacial score (nSPS) is 12.7. The highest BCUT2D eigenvalue weighted by molar-refractivity contribution is 5.22. The van der Waals surface area contributed by atoms with Crippen LogP contribution in [0.5, 0.6) is 0 Å². The maximum absolute atomic E-state index is 9.07. The molecule has 0 aliphatic heterocycles. The van der Waals surface area contributed by atoms with Gasteiger partial charge < -0.3 is 15.2 Å². The summed E-state index contributed by atoms with van der Waals surface area (Å²) in [6.07, 6.45) is 1.07. The molecule has 1 rings (SSSR count). The van der Waals surface area contributed by atoms with Gasteiger partial charge in [0.25, 0.3) is 0 Å². The fourth-order valence-corrected chi connectivity index (χ4v) is 1.53. The minimum absolute atomic E-state index is 0.0100. The van der Waals surface area contributed by atoms with Crippen molar-refractivity contribution in [1.82, 2.24) is 5.32 Å². The van der Waals surface area contributed by atoms with Crippen LogP contribution in [0.1, 0.15) is 18.1 Å². The highest BCUT2D eigenvalue weighted by Gasteiger charge is 2.05. The molecule has 0 aromatic heterocycles. The molecule has 0 radical (unpaired) electrons. The molecule has 0 aliphatic rings. The van der Waals surface area contributed by atoms with E-state index in [4.69, 9.17) is 9.84 Å². The summed E-state index contributed by atoms with van der Waals surface area (Å²) in [4.78, 5) is 0. The second-order valence-electron chi connectivity index (χ2n) is 3.89. The Balaban J connectivity index is 2.40. The molecule has 16 heavy (non-hydrogen) atoms. The van der Waals surface area contributed by atoms with Crippen LogP contribution in [0.3, 0.4) is 0 Å². The Bertz CT molecular complexity index is 284. The number of hydrogen-bond donors (Lipinski definition) is 2. The summed E-state index contributed by atoms with van der Waals surface area (Å²) in [5, 5.41) is 12.3. The average Bonchev–Trinajstić information content (AvgIpc) is 2.35. The summed E-state index contributed by atoms with van der Waals surface area (Å²) in [6.45, 7) is 3.54. The number of benzene rings is 1. The van der Waals surface area contributed by atoms with Gasteiger partial charge in [-0.1, -0.05) is 31.2 Å². The number of ether oxygens (including phenoxy) is 1. The summed E-state index contributed by atoms with van der Waals surface area (Å²) in [5.74, 6) is 0. The van der Waals surface area contributed by atoms with Crippen LogP contribution in [0.4, 0.5) is 0 Å². The average molecular weight is 223 g/mol. The number of aryl methyl sites for hydroxylation is 1. The lowest BCUT2D eigenvalue weighted by atomic mass is 10.1. The van der Waals surface area contributed by atoms with E-state index >= 15 is 0 Å². The summed E-state index contributed by atoms with van der Waals surface area (Å²) < 4.78 is 5.00. The van der Waals surface area contributed by atoms with Gasteiger partial charge in [0.1, 0.15) is 0 Å². The van der Waals surface area contributed by atoms with Gasteiger partial charge in [0.05, 0.1) is 19.3 Å². The Morgan fingerprint density at radius 1 is 1.25 bits per heavy atom. The minimum Gasteiger partial charge on any atom is -0.395 e. The van der Waals surface area contributed by atoms with Gasteiger partial charge in [-0.2, -0.15) is 0 Å². The molecule has 3 nitrogen and oxygen atoms in total. The number of rotatable bonds is 7. The van der Waals surface area contributed by atoms with Crippen molar-refractivity contribution in [1.29, 1.82) is 0 Å². The van der Waals surface area contributed by atoms with Crippen LogP contribution in [0, 0.1) is 0 Å². The molecule has 2 N–H and O–H groups in total. The predicted molar refractivity (Wildman–Crippen MR) is 65.4 cm³/mol. The minimum atomic E-state index is 0.0100. The van der Waals surface area contributed by atoms with Gasteiger partial charge in [0.15, 0.2) is 0 Å². The van der Waals surface area contributed by atoms with Crippen LogP contribution in [0.25, 0.3) is 0 Å². The Kier molecular flexibility index (Phi) is 6.08. The van der Waals surface area contributed by atoms with Crippen LogP contribution in [-0.2, 0) is 17.7 Å². The van der Waals surface area contributed by atoms with Crippen molar-refractivity contribution < 1.29 is 9.84 Å². The Hall–Kier alpha value is -0.900. The fourth-order valence-electron chi connectivity index (χ4n) is 1.53. The molecular weight excluding hydrogens is 202 g/mol. The van der Waals surface area contributed by atoms with E-state index in [-0.39, 0.29) is 12.6 Å². The van der Waals surface area contributed by atoms with Crippen molar-refractivity contribution in [2.75, 3.05) is 20.3 Å². The second kappa shape index (κ2) is 7.39. The van der Waals surface area contributed by atoms with E-state index < -0.39 is 0 Å². The number of hydrogen-bond acceptors (Lipinski definition) is 3. The number of nitrogens with one attached hydrogen (secondary N) is 1.